The summed E-state index contributed by atoms with van der Waals surface area (Å²) >= 11 is 0. The molecule has 3 aliphatic rings. The Balaban J connectivity index is 1.43. The molecular weight excluding hydrogens is 378 g/mol. The van der Waals surface area contributed by atoms with Crippen molar-refractivity contribution in [3.05, 3.63) is 59.9 Å². The van der Waals surface area contributed by atoms with E-state index in [-0.39, 0.29) is 29.7 Å². The van der Waals surface area contributed by atoms with Crippen LogP contribution in [0.1, 0.15) is 41.1 Å². The summed E-state index contributed by atoms with van der Waals surface area (Å²) in [6, 6.07) is 12.0. The van der Waals surface area contributed by atoms with Crippen LogP contribution in [0.15, 0.2) is 48.8 Å². The van der Waals surface area contributed by atoms with Gasteiger partial charge >= 0.3 is 0 Å². The molecule has 3 atom stereocenters. The number of likely N-dealkylation sites (tertiary alicyclic amines) is 2. The number of fused-ring (bicyclic) bond motifs is 1. The molecule has 3 heterocycles. The highest BCUT2D eigenvalue weighted by Gasteiger charge is 2.50. The predicted molar refractivity (Wildman–Crippen MR) is 112 cm³/mol. The Hall–Kier alpha value is -2.89. The van der Waals surface area contributed by atoms with E-state index in [9.17, 15) is 9.59 Å². The molecule has 0 bridgehead atoms. The molecule has 30 heavy (non-hydrogen) atoms. The van der Waals surface area contributed by atoms with Gasteiger partial charge in [0.2, 0.25) is 5.91 Å². The van der Waals surface area contributed by atoms with E-state index in [4.69, 9.17) is 4.74 Å². The molecule has 0 N–H and O–H groups in total. The Morgan fingerprint density at radius 3 is 2.70 bits per heavy atom. The maximum Gasteiger partial charge on any atom is 0.255 e. The van der Waals surface area contributed by atoms with Gasteiger partial charge in [0.05, 0.1) is 12.7 Å². The molecule has 2 saturated heterocycles. The normalized spacial score (nSPS) is 25.7. The molecule has 0 radical (unpaired) electrons. The Kier molecular flexibility index (Phi) is 4.93. The van der Waals surface area contributed by atoms with Crippen LogP contribution in [0.2, 0.25) is 0 Å². The summed E-state index contributed by atoms with van der Waals surface area (Å²) in [5.41, 5.74) is 1.81. The molecule has 0 unspecified atom stereocenters. The zero-order chi connectivity index (χ0) is 20.7. The Labute approximate surface area is 176 Å². The lowest BCUT2D eigenvalue weighted by Crippen LogP contribution is -2.50. The number of ether oxygens (including phenoxy) is 1. The van der Waals surface area contributed by atoms with Crippen molar-refractivity contribution in [2.45, 2.75) is 31.2 Å². The van der Waals surface area contributed by atoms with Gasteiger partial charge in [0.1, 0.15) is 5.75 Å². The highest BCUT2D eigenvalue weighted by atomic mass is 16.5. The van der Waals surface area contributed by atoms with Gasteiger partial charge in [0.25, 0.3) is 5.91 Å². The van der Waals surface area contributed by atoms with Gasteiger partial charge in [-0.3, -0.25) is 14.6 Å². The first-order chi connectivity index (χ1) is 14.7. The molecule has 1 aromatic carbocycles. The molecule has 1 aromatic heterocycles. The van der Waals surface area contributed by atoms with Crippen LogP contribution in [0, 0.1) is 11.8 Å². The number of carbonyl (C=O) groups excluding carboxylic acids is 2. The highest BCUT2D eigenvalue weighted by molar-refractivity contribution is 5.94. The van der Waals surface area contributed by atoms with Gasteiger partial charge in [0, 0.05) is 55.8 Å². The van der Waals surface area contributed by atoms with E-state index < -0.39 is 0 Å². The molecule has 1 saturated carbocycles. The van der Waals surface area contributed by atoms with Crippen molar-refractivity contribution in [1.82, 2.24) is 14.8 Å². The molecule has 2 aromatic rings. The summed E-state index contributed by atoms with van der Waals surface area (Å²) in [6.07, 6.45) is 6.17. The minimum Gasteiger partial charge on any atom is -0.497 e. The van der Waals surface area contributed by atoms with Crippen molar-refractivity contribution in [2.24, 2.45) is 11.8 Å². The van der Waals surface area contributed by atoms with Crippen molar-refractivity contribution in [2.75, 3.05) is 26.7 Å². The average Bonchev–Trinajstić information content (AvgIpc) is 3.59. The van der Waals surface area contributed by atoms with Gasteiger partial charge in [0.15, 0.2) is 0 Å². The van der Waals surface area contributed by atoms with Crippen LogP contribution in [-0.2, 0) is 4.79 Å². The standard InChI is InChI=1S/C24H27N3O3/c1-30-19-6-2-4-17(12-19)20-15-27(24(29)16-7-8-16)22-9-11-26(14-21(20)22)23(28)18-5-3-10-25-13-18/h2-6,10,12-13,16,20-22H,7-9,11,14-15H2,1H3/t20-,21-,22-/m1/s1. The second-order valence-corrected chi connectivity index (χ2v) is 8.66. The van der Waals surface area contributed by atoms with Gasteiger partial charge in [-0.2, -0.15) is 0 Å². The average molecular weight is 405 g/mol. The number of hydrogen-bond acceptors (Lipinski definition) is 4. The van der Waals surface area contributed by atoms with Crippen LogP contribution in [0.4, 0.5) is 0 Å². The Morgan fingerprint density at radius 2 is 1.97 bits per heavy atom. The summed E-state index contributed by atoms with van der Waals surface area (Å²) in [7, 11) is 1.67. The smallest absolute Gasteiger partial charge is 0.255 e. The van der Waals surface area contributed by atoms with Crippen molar-refractivity contribution in [3.8, 4) is 5.75 Å². The fraction of sp³-hybridized carbons (Fsp3) is 0.458. The van der Waals surface area contributed by atoms with Crippen molar-refractivity contribution in [3.63, 3.8) is 0 Å². The lowest BCUT2D eigenvalue weighted by molar-refractivity contribution is -0.134. The molecule has 156 valence electrons. The minimum absolute atomic E-state index is 0.0258. The van der Waals surface area contributed by atoms with E-state index in [0.717, 1.165) is 31.6 Å². The molecule has 2 aliphatic heterocycles. The van der Waals surface area contributed by atoms with E-state index in [1.165, 1.54) is 5.56 Å². The van der Waals surface area contributed by atoms with Gasteiger partial charge in [-0.1, -0.05) is 12.1 Å². The van der Waals surface area contributed by atoms with E-state index in [2.05, 4.69) is 22.0 Å². The molecule has 5 rings (SSSR count). The van der Waals surface area contributed by atoms with Gasteiger partial charge in [-0.15, -0.1) is 0 Å². The summed E-state index contributed by atoms with van der Waals surface area (Å²) in [6.45, 7) is 2.07. The molecule has 2 amide bonds. The number of pyridine rings is 1. The third-order valence-electron chi connectivity index (χ3n) is 6.86. The quantitative estimate of drug-likeness (QED) is 0.785. The van der Waals surface area contributed by atoms with Crippen molar-refractivity contribution < 1.29 is 14.3 Å². The van der Waals surface area contributed by atoms with Crippen LogP contribution < -0.4 is 4.74 Å². The Bertz CT molecular complexity index is 944. The first-order valence-corrected chi connectivity index (χ1v) is 10.8. The van der Waals surface area contributed by atoms with E-state index >= 15 is 0 Å². The monoisotopic (exact) mass is 405 g/mol. The highest BCUT2D eigenvalue weighted by Crippen LogP contribution is 2.44. The molecular formula is C24H27N3O3. The summed E-state index contributed by atoms with van der Waals surface area (Å²) in [5, 5.41) is 0. The van der Waals surface area contributed by atoms with Crippen LogP contribution >= 0.6 is 0 Å². The van der Waals surface area contributed by atoms with E-state index in [0.29, 0.717) is 24.6 Å². The molecule has 6 nitrogen and oxygen atoms in total. The van der Waals surface area contributed by atoms with Crippen molar-refractivity contribution in [1.29, 1.82) is 0 Å². The fourth-order valence-corrected chi connectivity index (χ4v) is 5.13. The SMILES string of the molecule is COc1cccc([C@H]2CN(C(=O)C3CC3)[C@@H]3CCN(C(=O)c4cccnc4)C[C@H]23)c1. The largest absolute Gasteiger partial charge is 0.497 e. The first kappa shape index (κ1) is 19.1. The van der Waals surface area contributed by atoms with Crippen LogP contribution in [0.3, 0.4) is 0 Å². The number of carbonyl (C=O) groups is 2. The second kappa shape index (κ2) is 7.74. The van der Waals surface area contributed by atoms with Crippen molar-refractivity contribution >= 4 is 11.8 Å². The minimum atomic E-state index is 0.0258. The van der Waals surface area contributed by atoms with Crippen LogP contribution in [0.5, 0.6) is 5.75 Å². The number of methoxy groups -OCH3 is 1. The third kappa shape index (κ3) is 3.44. The number of aromatic nitrogens is 1. The topological polar surface area (TPSA) is 62.7 Å². The lowest BCUT2D eigenvalue weighted by atomic mass is 9.81. The maximum atomic E-state index is 13.1. The van der Waals surface area contributed by atoms with Gasteiger partial charge in [-0.25, -0.2) is 0 Å². The number of piperidine rings is 1. The Morgan fingerprint density at radius 1 is 1.10 bits per heavy atom. The summed E-state index contributed by atoms with van der Waals surface area (Å²) < 4.78 is 5.44. The van der Waals surface area contributed by atoms with Gasteiger partial charge < -0.3 is 14.5 Å². The fourth-order valence-electron chi connectivity index (χ4n) is 5.13. The first-order valence-electron chi connectivity index (χ1n) is 10.8. The summed E-state index contributed by atoms with van der Waals surface area (Å²) in [5.74, 6) is 1.81. The predicted octanol–water partition coefficient (Wildman–Crippen LogP) is 2.96. The third-order valence-corrected chi connectivity index (χ3v) is 6.86. The molecule has 1 aliphatic carbocycles. The molecule has 6 heteroatoms. The van der Waals surface area contributed by atoms with Gasteiger partial charge in [-0.05, 0) is 49.1 Å². The number of benzene rings is 1. The zero-order valence-electron chi connectivity index (χ0n) is 17.2. The zero-order valence-corrected chi connectivity index (χ0v) is 17.2. The number of rotatable bonds is 4. The number of hydrogen-bond donors (Lipinski definition) is 0. The van der Waals surface area contributed by atoms with E-state index in [1.807, 2.05) is 23.1 Å². The molecule has 0 spiro atoms. The molecule has 3 fully saturated rings. The van der Waals surface area contributed by atoms with Crippen LogP contribution in [0.25, 0.3) is 0 Å². The number of amides is 2. The second-order valence-electron chi connectivity index (χ2n) is 8.66. The number of nitrogens with zero attached hydrogens (tertiary/aromatic N) is 3. The lowest BCUT2D eigenvalue weighted by Gasteiger charge is -2.39. The summed E-state index contributed by atoms with van der Waals surface area (Å²) in [4.78, 5) is 34.2. The van der Waals surface area contributed by atoms with E-state index in [1.54, 1.807) is 25.6 Å². The van der Waals surface area contributed by atoms with Crippen LogP contribution in [-0.4, -0.2) is 59.4 Å². The maximum absolute atomic E-state index is 13.1.